The second-order valence-electron chi connectivity index (χ2n) is 8.09. The van der Waals surface area contributed by atoms with Crippen molar-refractivity contribution in [3.63, 3.8) is 0 Å². The van der Waals surface area contributed by atoms with Crippen LogP contribution in [0.5, 0.6) is 0 Å². The van der Waals surface area contributed by atoms with Crippen molar-refractivity contribution in [3.8, 4) is 0 Å². The molecule has 1 aliphatic rings. The van der Waals surface area contributed by atoms with E-state index in [1.165, 1.54) is 10.5 Å². The van der Waals surface area contributed by atoms with Crippen molar-refractivity contribution in [2.75, 3.05) is 26.2 Å². The lowest BCUT2D eigenvalue weighted by Gasteiger charge is -2.31. The number of nitrogens with zero attached hydrogens (tertiary/aromatic N) is 1. The van der Waals surface area contributed by atoms with Gasteiger partial charge in [0.25, 0.3) is 0 Å². The Bertz CT molecular complexity index is 817. The molecule has 0 radical (unpaired) electrons. The highest BCUT2D eigenvalue weighted by molar-refractivity contribution is 7.89. The van der Waals surface area contributed by atoms with Gasteiger partial charge in [0, 0.05) is 5.56 Å². The molecule has 26 heavy (non-hydrogen) atoms. The minimum atomic E-state index is -3.40. The van der Waals surface area contributed by atoms with Crippen molar-refractivity contribution in [1.29, 1.82) is 0 Å². The van der Waals surface area contributed by atoms with Crippen LogP contribution < -0.4 is 4.90 Å². The van der Waals surface area contributed by atoms with E-state index >= 15 is 0 Å². The van der Waals surface area contributed by atoms with E-state index in [9.17, 15) is 8.42 Å². The predicted molar refractivity (Wildman–Crippen MR) is 105 cm³/mol. The van der Waals surface area contributed by atoms with E-state index in [4.69, 9.17) is 0 Å². The minimum absolute atomic E-state index is 0.0225. The molecule has 3 rings (SSSR count). The van der Waals surface area contributed by atoms with Crippen LogP contribution >= 0.6 is 0 Å². The third kappa shape index (κ3) is 4.34. The summed E-state index contributed by atoms with van der Waals surface area (Å²) in [7, 11) is -3.40. The predicted octanol–water partition coefficient (Wildman–Crippen LogP) is 2.07. The first-order valence-electron chi connectivity index (χ1n) is 9.25. The highest BCUT2D eigenvalue weighted by Crippen LogP contribution is 2.24. The standard InChI is InChI=1S/C21H28N2O2S/c1-21(2,3)19-9-11-20(12-10-19)26(24,25)23-15-13-22(14-16-23)17-18-7-5-4-6-8-18/h4-12H,13-17H2,1-3H3/p+1. The lowest BCUT2D eigenvalue weighted by molar-refractivity contribution is -0.917. The number of rotatable bonds is 4. The second kappa shape index (κ2) is 7.51. The van der Waals surface area contributed by atoms with Crippen molar-refractivity contribution < 1.29 is 13.3 Å². The highest BCUT2D eigenvalue weighted by atomic mass is 32.2. The SMILES string of the molecule is CC(C)(C)c1ccc(S(=O)(=O)N2CC[NH+](Cc3ccccc3)CC2)cc1. The zero-order chi connectivity index (χ0) is 18.8. The topological polar surface area (TPSA) is 41.8 Å². The largest absolute Gasteiger partial charge is 0.329 e. The van der Waals surface area contributed by atoms with Gasteiger partial charge < -0.3 is 4.90 Å². The summed E-state index contributed by atoms with van der Waals surface area (Å²) in [5.74, 6) is 0. The van der Waals surface area contributed by atoms with Crippen LogP contribution in [0.15, 0.2) is 59.5 Å². The molecule has 0 aromatic heterocycles. The first-order chi connectivity index (χ1) is 12.3. The van der Waals surface area contributed by atoms with Gasteiger partial charge in [0.05, 0.1) is 31.1 Å². The maximum Gasteiger partial charge on any atom is 0.243 e. The smallest absolute Gasteiger partial charge is 0.243 e. The van der Waals surface area contributed by atoms with Gasteiger partial charge in [-0.15, -0.1) is 0 Å². The van der Waals surface area contributed by atoms with Gasteiger partial charge in [-0.25, -0.2) is 8.42 Å². The molecule has 2 aromatic rings. The highest BCUT2D eigenvalue weighted by Gasteiger charge is 2.30. The van der Waals surface area contributed by atoms with E-state index in [0.717, 1.165) is 25.2 Å². The lowest BCUT2D eigenvalue weighted by atomic mass is 9.87. The number of quaternary nitrogens is 1. The number of hydrogen-bond acceptors (Lipinski definition) is 2. The van der Waals surface area contributed by atoms with Gasteiger partial charge in [-0.05, 0) is 23.1 Å². The molecule has 0 amide bonds. The van der Waals surface area contributed by atoms with E-state index in [2.05, 4.69) is 45.0 Å². The molecule has 0 spiro atoms. The Morgan fingerprint density at radius 3 is 2.04 bits per heavy atom. The molecule has 0 atom stereocenters. The molecule has 0 unspecified atom stereocenters. The maximum atomic E-state index is 12.9. The minimum Gasteiger partial charge on any atom is -0.329 e. The van der Waals surface area contributed by atoms with E-state index in [1.807, 2.05) is 18.2 Å². The van der Waals surface area contributed by atoms with Crippen LogP contribution in [0.4, 0.5) is 0 Å². The third-order valence-corrected chi connectivity index (χ3v) is 7.00. The third-order valence-electron chi connectivity index (χ3n) is 5.08. The van der Waals surface area contributed by atoms with Crippen molar-refractivity contribution in [3.05, 3.63) is 65.7 Å². The van der Waals surface area contributed by atoms with Crippen LogP contribution in [0.2, 0.25) is 0 Å². The molecular weight excluding hydrogens is 344 g/mol. The van der Waals surface area contributed by atoms with E-state index in [0.29, 0.717) is 18.0 Å². The summed E-state index contributed by atoms with van der Waals surface area (Å²) in [4.78, 5) is 1.84. The Labute approximate surface area is 157 Å². The van der Waals surface area contributed by atoms with Gasteiger partial charge >= 0.3 is 0 Å². The monoisotopic (exact) mass is 373 g/mol. The Balaban J connectivity index is 1.64. The molecule has 0 saturated carbocycles. The molecular formula is C21H29N2O2S+. The molecule has 0 bridgehead atoms. The average molecular weight is 374 g/mol. The number of sulfonamides is 1. The van der Waals surface area contributed by atoms with Crippen molar-refractivity contribution in [2.24, 2.45) is 0 Å². The van der Waals surface area contributed by atoms with Crippen LogP contribution in [0.25, 0.3) is 0 Å². The van der Waals surface area contributed by atoms with Crippen LogP contribution in [-0.4, -0.2) is 38.9 Å². The summed E-state index contributed by atoms with van der Waals surface area (Å²) in [5, 5.41) is 0. The number of piperazine rings is 1. The Hall–Kier alpha value is -1.69. The fourth-order valence-electron chi connectivity index (χ4n) is 3.38. The summed E-state index contributed by atoms with van der Waals surface area (Å²) in [5.41, 5.74) is 2.47. The molecule has 5 heteroatoms. The normalized spacial score (nSPS) is 17.3. The van der Waals surface area contributed by atoms with Gasteiger partial charge in [-0.3, -0.25) is 0 Å². The summed E-state index contributed by atoms with van der Waals surface area (Å²) >= 11 is 0. The zero-order valence-corrected chi connectivity index (χ0v) is 16.7. The summed E-state index contributed by atoms with van der Waals surface area (Å²) in [6.45, 7) is 10.2. The summed E-state index contributed by atoms with van der Waals surface area (Å²) in [6, 6.07) is 17.8. The molecule has 140 valence electrons. The maximum absolute atomic E-state index is 12.9. The molecule has 4 nitrogen and oxygen atoms in total. The molecule has 1 aliphatic heterocycles. The van der Waals surface area contributed by atoms with Crippen molar-refractivity contribution in [1.82, 2.24) is 4.31 Å². The summed E-state index contributed by atoms with van der Waals surface area (Å²) < 4.78 is 27.5. The number of hydrogen-bond donors (Lipinski definition) is 1. The van der Waals surface area contributed by atoms with Crippen molar-refractivity contribution in [2.45, 2.75) is 37.6 Å². The van der Waals surface area contributed by atoms with E-state index in [-0.39, 0.29) is 5.41 Å². The van der Waals surface area contributed by atoms with Crippen LogP contribution in [0.1, 0.15) is 31.9 Å². The molecule has 0 aliphatic carbocycles. The first-order valence-corrected chi connectivity index (χ1v) is 10.7. The van der Waals surface area contributed by atoms with Gasteiger partial charge in [-0.1, -0.05) is 63.2 Å². The van der Waals surface area contributed by atoms with Gasteiger partial charge in [0.1, 0.15) is 6.54 Å². The van der Waals surface area contributed by atoms with E-state index < -0.39 is 10.0 Å². The molecule has 1 fully saturated rings. The summed E-state index contributed by atoms with van der Waals surface area (Å²) in [6.07, 6.45) is 0. The van der Waals surface area contributed by atoms with Crippen LogP contribution in [0.3, 0.4) is 0 Å². The molecule has 1 saturated heterocycles. The fourth-order valence-corrected chi connectivity index (χ4v) is 4.82. The number of nitrogens with one attached hydrogen (secondary N) is 1. The Morgan fingerprint density at radius 1 is 0.923 bits per heavy atom. The second-order valence-corrected chi connectivity index (χ2v) is 10.0. The van der Waals surface area contributed by atoms with Gasteiger partial charge in [0.2, 0.25) is 10.0 Å². The average Bonchev–Trinajstić information content (AvgIpc) is 2.62. The van der Waals surface area contributed by atoms with E-state index in [1.54, 1.807) is 16.4 Å². The van der Waals surface area contributed by atoms with Crippen molar-refractivity contribution >= 4 is 10.0 Å². The number of benzene rings is 2. The zero-order valence-electron chi connectivity index (χ0n) is 15.9. The van der Waals surface area contributed by atoms with Crippen LogP contribution in [0, 0.1) is 0 Å². The van der Waals surface area contributed by atoms with Gasteiger partial charge in [-0.2, -0.15) is 4.31 Å². The fraction of sp³-hybridized carbons (Fsp3) is 0.429. The Kier molecular flexibility index (Phi) is 5.51. The quantitative estimate of drug-likeness (QED) is 0.892. The van der Waals surface area contributed by atoms with Gasteiger partial charge in [0.15, 0.2) is 0 Å². The lowest BCUT2D eigenvalue weighted by Crippen LogP contribution is -3.13. The molecule has 1 heterocycles. The van der Waals surface area contributed by atoms with Crippen LogP contribution in [-0.2, 0) is 22.0 Å². The molecule has 1 N–H and O–H groups in total. The first kappa shape index (κ1) is 19.1. The molecule has 2 aromatic carbocycles. The Morgan fingerprint density at radius 2 is 1.50 bits per heavy atom.